The van der Waals surface area contributed by atoms with E-state index in [1.54, 1.807) is 16.2 Å². The number of halogens is 3. The summed E-state index contributed by atoms with van der Waals surface area (Å²) in [6.07, 6.45) is 0. The molecule has 1 rings (SSSR count). The molecule has 0 aliphatic heterocycles. The fourth-order valence-electron chi connectivity index (χ4n) is 0.681. The van der Waals surface area contributed by atoms with E-state index in [0.717, 1.165) is 4.47 Å². The smallest absolute Gasteiger partial charge is 0.206 e. The Balaban J connectivity index is 2.57. The van der Waals surface area contributed by atoms with Gasteiger partial charge in [-0.3, -0.25) is 0 Å². The average Bonchev–Trinajstić information content (AvgIpc) is 2.48. The van der Waals surface area contributed by atoms with Gasteiger partial charge in [-0.15, -0.1) is 11.3 Å². The molecule has 0 atom stereocenters. The van der Waals surface area contributed by atoms with Crippen LogP contribution in [0.4, 0.5) is 8.78 Å². The highest BCUT2D eigenvalue weighted by Gasteiger charge is 2.23. The van der Waals surface area contributed by atoms with Gasteiger partial charge < -0.3 is 0 Å². The molecular formula is C6H6BrF2NO2S2. The number of hydrogen-bond donors (Lipinski definition) is 1. The van der Waals surface area contributed by atoms with Gasteiger partial charge in [0.2, 0.25) is 0 Å². The summed E-state index contributed by atoms with van der Waals surface area (Å²) >= 11 is 4.45. The zero-order valence-corrected chi connectivity index (χ0v) is 9.93. The number of hydrogen-bond acceptors (Lipinski definition) is 3. The van der Waals surface area contributed by atoms with Crippen molar-refractivity contribution >= 4 is 37.3 Å². The third kappa shape index (κ3) is 3.26. The summed E-state index contributed by atoms with van der Waals surface area (Å²) in [5, 5.41) is 1.74. The molecule has 0 aromatic carbocycles. The molecule has 14 heavy (non-hydrogen) atoms. The first-order valence-corrected chi connectivity index (χ1v) is 6.63. The zero-order chi connectivity index (χ0) is 10.8. The van der Waals surface area contributed by atoms with Crippen LogP contribution in [-0.2, 0) is 16.6 Å². The predicted molar refractivity (Wildman–Crippen MR) is 53.8 cm³/mol. The average molecular weight is 306 g/mol. The van der Waals surface area contributed by atoms with Gasteiger partial charge in [-0.1, -0.05) is 0 Å². The molecule has 0 saturated heterocycles. The van der Waals surface area contributed by atoms with Crippen LogP contribution in [-0.4, -0.2) is 14.2 Å². The highest BCUT2D eigenvalue weighted by molar-refractivity contribution is 9.10. The Labute approximate surface area is 92.3 Å². The normalized spacial score (nSPS) is 12.3. The molecule has 3 nitrogen and oxygen atoms in total. The first-order valence-electron chi connectivity index (χ1n) is 3.41. The van der Waals surface area contributed by atoms with Gasteiger partial charge >= 0.3 is 5.76 Å². The van der Waals surface area contributed by atoms with Crippen LogP contribution in [0.2, 0.25) is 0 Å². The van der Waals surface area contributed by atoms with Gasteiger partial charge in [0.1, 0.15) is 0 Å². The van der Waals surface area contributed by atoms with Gasteiger partial charge in [0.05, 0.1) is 0 Å². The summed E-state index contributed by atoms with van der Waals surface area (Å²) in [4.78, 5) is 0.668. The van der Waals surface area contributed by atoms with Gasteiger partial charge in [-0.2, -0.15) is 8.78 Å². The number of rotatable bonds is 4. The highest BCUT2D eigenvalue weighted by atomic mass is 79.9. The summed E-state index contributed by atoms with van der Waals surface area (Å²) in [5.74, 6) is -3.38. The molecule has 1 N–H and O–H groups in total. The Hall–Kier alpha value is -0.0500. The van der Waals surface area contributed by atoms with Crippen LogP contribution in [0.1, 0.15) is 4.88 Å². The van der Waals surface area contributed by atoms with Crippen molar-refractivity contribution in [3.05, 3.63) is 20.8 Å². The third-order valence-corrected chi connectivity index (χ3v) is 4.02. The van der Waals surface area contributed by atoms with E-state index < -0.39 is 15.8 Å². The minimum Gasteiger partial charge on any atom is -0.206 e. The Kier molecular flexibility index (Phi) is 3.99. The van der Waals surface area contributed by atoms with Crippen LogP contribution in [0.15, 0.2) is 15.9 Å². The lowest BCUT2D eigenvalue weighted by molar-refractivity contribution is 0.232. The number of alkyl halides is 2. The van der Waals surface area contributed by atoms with Crippen molar-refractivity contribution in [1.82, 2.24) is 4.72 Å². The predicted octanol–water partition coefficient (Wildman–Crippen LogP) is 2.15. The quantitative estimate of drug-likeness (QED) is 0.926. The van der Waals surface area contributed by atoms with E-state index in [-0.39, 0.29) is 6.54 Å². The second-order valence-electron chi connectivity index (χ2n) is 2.36. The molecule has 1 aromatic heterocycles. The standard InChI is InChI=1S/C6H6BrF2NO2S2/c7-4-1-5(13-3-4)2-10-14(11,12)6(8)9/h1,3,6,10H,2H2. The molecule has 0 amide bonds. The molecule has 0 bridgehead atoms. The SMILES string of the molecule is O=S(=O)(NCc1cc(Br)cs1)C(F)F. The van der Waals surface area contributed by atoms with E-state index in [4.69, 9.17) is 0 Å². The van der Waals surface area contributed by atoms with Crippen LogP contribution >= 0.6 is 27.3 Å². The van der Waals surface area contributed by atoms with E-state index >= 15 is 0 Å². The molecular weight excluding hydrogens is 300 g/mol. The van der Waals surface area contributed by atoms with Crippen LogP contribution in [0, 0.1) is 0 Å². The fourth-order valence-corrected chi connectivity index (χ4v) is 2.65. The zero-order valence-electron chi connectivity index (χ0n) is 6.71. The van der Waals surface area contributed by atoms with E-state index in [2.05, 4.69) is 15.9 Å². The van der Waals surface area contributed by atoms with E-state index in [9.17, 15) is 17.2 Å². The van der Waals surface area contributed by atoms with Gasteiger partial charge in [0.15, 0.2) is 0 Å². The molecule has 1 heterocycles. The van der Waals surface area contributed by atoms with Crippen molar-refractivity contribution < 1.29 is 17.2 Å². The Morgan fingerprint density at radius 1 is 1.57 bits per heavy atom. The maximum Gasteiger partial charge on any atom is 0.350 e. The monoisotopic (exact) mass is 305 g/mol. The maximum absolute atomic E-state index is 11.9. The molecule has 0 saturated carbocycles. The lowest BCUT2D eigenvalue weighted by Gasteiger charge is -2.02. The van der Waals surface area contributed by atoms with Gasteiger partial charge in [-0.05, 0) is 22.0 Å². The first-order chi connectivity index (χ1) is 6.42. The molecule has 0 radical (unpaired) electrons. The molecule has 0 fully saturated rings. The molecule has 80 valence electrons. The molecule has 0 aliphatic rings. The van der Waals surface area contributed by atoms with Gasteiger partial charge in [0, 0.05) is 21.3 Å². The topological polar surface area (TPSA) is 46.2 Å². The third-order valence-electron chi connectivity index (χ3n) is 1.30. The van der Waals surface area contributed by atoms with Crippen molar-refractivity contribution in [3.8, 4) is 0 Å². The number of nitrogens with one attached hydrogen (secondary N) is 1. The molecule has 0 unspecified atom stereocenters. The lowest BCUT2D eigenvalue weighted by atomic mass is 10.5. The molecule has 0 aliphatic carbocycles. The minimum atomic E-state index is -4.48. The van der Waals surface area contributed by atoms with Gasteiger partial charge in [-0.25, -0.2) is 13.1 Å². The molecule has 1 aromatic rings. The summed E-state index contributed by atoms with van der Waals surface area (Å²) in [5.41, 5.74) is 0. The summed E-state index contributed by atoms with van der Waals surface area (Å²) < 4.78 is 47.6. The van der Waals surface area contributed by atoms with E-state index in [1.807, 2.05) is 0 Å². The Morgan fingerprint density at radius 2 is 2.21 bits per heavy atom. The maximum atomic E-state index is 11.9. The first kappa shape index (κ1) is 12.0. The minimum absolute atomic E-state index is 0.108. The van der Waals surface area contributed by atoms with E-state index in [1.165, 1.54) is 11.3 Å². The summed E-state index contributed by atoms with van der Waals surface area (Å²) in [7, 11) is -4.48. The van der Waals surface area contributed by atoms with Crippen molar-refractivity contribution in [2.75, 3.05) is 0 Å². The fraction of sp³-hybridized carbons (Fsp3) is 0.333. The molecule has 8 heteroatoms. The second-order valence-corrected chi connectivity index (χ2v) is 6.00. The van der Waals surface area contributed by atoms with Crippen LogP contribution in [0.3, 0.4) is 0 Å². The largest absolute Gasteiger partial charge is 0.350 e. The van der Waals surface area contributed by atoms with Crippen molar-refractivity contribution in [2.45, 2.75) is 12.3 Å². The summed E-state index contributed by atoms with van der Waals surface area (Å²) in [6.45, 7) is -0.108. The Morgan fingerprint density at radius 3 is 2.64 bits per heavy atom. The van der Waals surface area contributed by atoms with Crippen LogP contribution in [0.25, 0.3) is 0 Å². The molecule has 0 spiro atoms. The Bertz CT molecular complexity index is 404. The highest BCUT2D eigenvalue weighted by Crippen LogP contribution is 2.19. The number of sulfonamides is 1. The van der Waals surface area contributed by atoms with Crippen LogP contribution < -0.4 is 4.72 Å². The van der Waals surface area contributed by atoms with Crippen LogP contribution in [0.5, 0.6) is 0 Å². The van der Waals surface area contributed by atoms with Gasteiger partial charge in [0.25, 0.3) is 10.0 Å². The van der Waals surface area contributed by atoms with Crippen molar-refractivity contribution in [3.63, 3.8) is 0 Å². The number of thiophene rings is 1. The lowest BCUT2D eigenvalue weighted by Crippen LogP contribution is -2.28. The van der Waals surface area contributed by atoms with E-state index in [0.29, 0.717) is 4.88 Å². The van der Waals surface area contributed by atoms with Crippen molar-refractivity contribution in [2.24, 2.45) is 0 Å². The summed E-state index contributed by atoms with van der Waals surface area (Å²) in [6, 6.07) is 1.67. The van der Waals surface area contributed by atoms with Crippen molar-refractivity contribution in [1.29, 1.82) is 0 Å². The second kappa shape index (κ2) is 4.65.